The van der Waals surface area contributed by atoms with Gasteiger partial charge in [0, 0.05) is 18.3 Å². The Morgan fingerprint density at radius 1 is 1.65 bits per heavy atom. The van der Waals surface area contributed by atoms with Gasteiger partial charge in [-0.25, -0.2) is 4.79 Å². The predicted octanol–water partition coefficient (Wildman–Crippen LogP) is 2.63. The summed E-state index contributed by atoms with van der Waals surface area (Å²) in [4.78, 5) is 21.4. The minimum absolute atomic E-state index is 0.134. The number of nitrogens with zero attached hydrogens (tertiary/aromatic N) is 2. The lowest BCUT2D eigenvalue weighted by molar-refractivity contribution is -0.384. The minimum atomic E-state index is -0.788. The number of hydrogen-bond acceptors (Lipinski definition) is 6. The van der Waals surface area contributed by atoms with E-state index in [9.17, 15) is 14.9 Å². The zero-order valence-corrected chi connectivity index (χ0v) is 11.2. The first-order chi connectivity index (χ1) is 9.49. The lowest BCUT2D eigenvalue weighted by Crippen LogP contribution is -2.08. The third kappa shape index (κ3) is 3.96. The van der Waals surface area contributed by atoms with Gasteiger partial charge < -0.3 is 10.1 Å². The van der Waals surface area contributed by atoms with Crippen molar-refractivity contribution in [3.8, 4) is 6.07 Å². The number of benzene rings is 1. The number of non-ortho nitro benzene ring substituents is 1. The van der Waals surface area contributed by atoms with Gasteiger partial charge in [0.1, 0.15) is 6.07 Å². The molecule has 0 amide bonds. The zero-order valence-electron chi connectivity index (χ0n) is 10.4. The fraction of sp³-hybridized carbons (Fsp3) is 0.167. The van der Waals surface area contributed by atoms with E-state index < -0.39 is 10.9 Å². The van der Waals surface area contributed by atoms with Crippen LogP contribution in [0.15, 0.2) is 30.0 Å². The highest BCUT2D eigenvalue weighted by molar-refractivity contribution is 6.33. The van der Waals surface area contributed by atoms with Gasteiger partial charge in [0.25, 0.3) is 5.69 Å². The molecule has 0 unspecified atom stereocenters. The maximum atomic E-state index is 11.4. The highest BCUT2D eigenvalue weighted by Crippen LogP contribution is 2.26. The summed E-state index contributed by atoms with van der Waals surface area (Å²) in [7, 11) is 0. The van der Waals surface area contributed by atoms with E-state index >= 15 is 0 Å². The first-order valence-electron chi connectivity index (χ1n) is 5.47. The van der Waals surface area contributed by atoms with Gasteiger partial charge in [-0.3, -0.25) is 10.1 Å². The number of esters is 1. The third-order valence-electron chi connectivity index (χ3n) is 2.15. The van der Waals surface area contributed by atoms with E-state index in [1.165, 1.54) is 18.2 Å². The maximum Gasteiger partial charge on any atom is 0.350 e. The van der Waals surface area contributed by atoms with Crippen molar-refractivity contribution in [3.05, 3.63) is 45.1 Å². The van der Waals surface area contributed by atoms with Gasteiger partial charge in [0.05, 0.1) is 22.2 Å². The monoisotopic (exact) mass is 295 g/mol. The number of halogens is 1. The predicted molar refractivity (Wildman–Crippen MR) is 72.1 cm³/mol. The lowest BCUT2D eigenvalue weighted by atomic mass is 10.2. The summed E-state index contributed by atoms with van der Waals surface area (Å²) < 4.78 is 4.66. The number of anilines is 1. The van der Waals surface area contributed by atoms with Crippen LogP contribution in [0.4, 0.5) is 11.4 Å². The zero-order chi connectivity index (χ0) is 15.1. The van der Waals surface area contributed by atoms with Crippen LogP contribution in [0.3, 0.4) is 0 Å². The Morgan fingerprint density at radius 3 is 2.90 bits per heavy atom. The van der Waals surface area contributed by atoms with Gasteiger partial charge in [-0.2, -0.15) is 5.26 Å². The van der Waals surface area contributed by atoms with E-state index in [0.717, 1.165) is 6.20 Å². The first-order valence-corrected chi connectivity index (χ1v) is 5.85. The highest BCUT2D eigenvalue weighted by Gasteiger charge is 2.12. The quantitative estimate of drug-likeness (QED) is 0.294. The molecular formula is C12H10ClN3O4. The Kier molecular flexibility index (Phi) is 5.50. The van der Waals surface area contributed by atoms with Crippen LogP contribution in [0.1, 0.15) is 6.92 Å². The molecule has 0 aliphatic rings. The number of carbonyl (C=O) groups excluding carboxylic acids is 1. The molecule has 1 aromatic rings. The molecule has 0 aromatic heterocycles. The molecule has 0 bridgehead atoms. The van der Waals surface area contributed by atoms with Crippen molar-refractivity contribution in [3.63, 3.8) is 0 Å². The second kappa shape index (κ2) is 7.11. The molecule has 0 saturated heterocycles. The van der Waals surface area contributed by atoms with Gasteiger partial charge in [0.15, 0.2) is 5.57 Å². The Bertz CT molecular complexity index is 607. The molecule has 0 heterocycles. The van der Waals surface area contributed by atoms with Crippen LogP contribution < -0.4 is 5.32 Å². The normalized spacial score (nSPS) is 10.6. The highest BCUT2D eigenvalue weighted by atomic mass is 35.5. The van der Waals surface area contributed by atoms with E-state index in [4.69, 9.17) is 16.9 Å². The smallest absolute Gasteiger partial charge is 0.350 e. The summed E-state index contributed by atoms with van der Waals surface area (Å²) >= 11 is 5.85. The average Bonchev–Trinajstić information content (AvgIpc) is 2.41. The van der Waals surface area contributed by atoms with Gasteiger partial charge >= 0.3 is 5.97 Å². The number of nitrogens with one attached hydrogen (secondary N) is 1. The van der Waals surface area contributed by atoms with Crippen LogP contribution in [-0.4, -0.2) is 17.5 Å². The summed E-state index contributed by atoms with van der Waals surface area (Å²) in [6, 6.07) is 5.44. The fourth-order valence-corrected chi connectivity index (χ4v) is 1.41. The van der Waals surface area contributed by atoms with E-state index in [1.54, 1.807) is 13.0 Å². The molecule has 0 saturated carbocycles. The van der Waals surface area contributed by atoms with Crippen molar-refractivity contribution in [2.75, 3.05) is 11.9 Å². The van der Waals surface area contributed by atoms with E-state index in [-0.39, 0.29) is 28.6 Å². The molecule has 7 nitrogen and oxygen atoms in total. The van der Waals surface area contributed by atoms with Crippen LogP contribution in [0.5, 0.6) is 0 Å². The molecule has 1 rings (SSSR count). The Morgan fingerprint density at radius 2 is 2.35 bits per heavy atom. The number of nitriles is 1. The second-order valence-corrected chi connectivity index (χ2v) is 3.86. The largest absolute Gasteiger partial charge is 0.462 e. The number of carbonyl (C=O) groups is 1. The third-order valence-corrected chi connectivity index (χ3v) is 2.48. The number of ether oxygens (including phenoxy) is 1. The summed E-state index contributed by atoms with van der Waals surface area (Å²) in [5.74, 6) is -0.788. The second-order valence-electron chi connectivity index (χ2n) is 3.46. The number of rotatable bonds is 5. The Labute approximate surface area is 119 Å². The van der Waals surface area contributed by atoms with Crippen molar-refractivity contribution in [2.45, 2.75) is 6.92 Å². The summed E-state index contributed by atoms with van der Waals surface area (Å²) in [6.45, 7) is 1.74. The van der Waals surface area contributed by atoms with Crippen molar-refractivity contribution < 1.29 is 14.5 Å². The molecule has 1 N–H and O–H groups in total. The molecular weight excluding hydrogens is 286 g/mol. The molecule has 0 radical (unpaired) electrons. The van der Waals surface area contributed by atoms with Gasteiger partial charge in [-0.05, 0) is 13.0 Å². The van der Waals surface area contributed by atoms with Gasteiger partial charge in [-0.15, -0.1) is 0 Å². The molecule has 8 heteroatoms. The van der Waals surface area contributed by atoms with Crippen LogP contribution >= 0.6 is 11.6 Å². The summed E-state index contributed by atoms with van der Waals surface area (Å²) in [5, 5.41) is 22.3. The lowest BCUT2D eigenvalue weighted by Gasteiger charge is -2.04. The van der Waals surface area contributed by atoms with E-state index in [1.807, 2.05) is 0 Å². The Hall–Kier alpha value is -2.59. The summed E-state index contributed by atoms with van der Waals surface area (Å²) in [6.07, 6.45) is 1.09. The SMILES string of the molecule is CCOC(=O)/C(C#N)=C/Nc1cc([N+](=O)[O-])ccc1Cl. The van der Waals surface area contributed by atoms with E-state index in [0.29, 0.717) is 0 Å². The van der Waals surface area contributed by atoms with Crippen LogP contribution in [0.25, 0.3) is 0 Å². The molecule has 0 atom stereocenters. The van der Waals surface area contributed by atoms with Crippen molar-refractivity contribution in [2.24, 2.45) is 0 Å². The molecule has 104 valence electrons. The number of nitro groups is 1. The summed E-state index contributed by atoms with van der Waals surface area (Å²) in [5.41, 5.74) is -0.229. The maximum absolute atomic E-state index is 11.4. The molecule has 0 aliphatic heterocycles. The average molecular weight is 296 g/mol. The fourth-order valence-electron chi connectivity index (χ4n) is 1.23. The topological polar surface area (TPSA) is 105 Å². The molecule has 20 heavy (non-hydrogen) atoms. The number of nitro benzene ring substituents is 1. The molecule has 1 aromatic carbocycles. The van der Waals surface area contributed by atoms with Crippen molar-refractivity contribution in [1.82, 2.24) is 0 Å². The van der Waals surface area contributed by atoms with Crippen LogP contribution in [-0.2, 0) is 9.53 Å². The molecule has 0 aliphatic carbocycles. The minimum Gasteiger partial charge on any atom is -0.462 e. The first kappa shape index (κ1) is 15.5. The van der Waals surface area contributed by atoms with Gasteiger partial charge in [-0.1, -0.05) is 11.6 Å². The number of hydrogen-bond donors (Lipinski definition) is 1. The van der Waals surface area contributed by atoms with Gasteiger partial charge in [0.2, 0.25) is 0 Å². The Balaban J connectivity index is 2.98. The van der Waals surface area contributed by atoms with Crippen molar-refractivity contribution in [1.29, 1.82) is 5.26 Å². The van der Waals surface area contributed by atoms with Crippen molar-refractivity contribution >= 4 is 28.9 Å². The molecule has 0 fully saturated rings. The van der Waals surface area contributed by atoms with Crippen LogP contribution in [0, 0.1) is 21.4 Å². The standard InChI is InChI=1S/C12H10ClN3O4/c1-2-20-12(17)8(6-14)7-15-11-5-9(16(18)19)3-4-10(11)13/h3-5,7,15H,2H2,1H3/b8-7+. The molecule has 0 spiro atoms. The van der Waals surface area contributed by atoms with E-state index in [2.05, 4.69) is 10.1 Å². The van der Waals surface area contributed by atoms with Crippen LogP contribution in [0.2, 0.25) is 5.02 Å².